The molecule has 37 heavy (non-hydrogen) atoms. The zero-order valence-electron chi connectivity index (χ0n) is 19.6. The predicted molar refractivity (Wildman–Crippen MR) is 127 cm³/mol. The van der Waals surface area contributed by atoms with Gasteiger partial charge in [-0.2, -0.15) is 13.2 Å². The van der Waals surface area contributed by atoms with Gasteiger partial charge in [0.1, 0.15) is 29.3 Å². The van der Waals surface area contributed by atoms with E-state index in [1.54, 1.807) is 17.7 Å². The van der Waals surface area contributed by atoms with E-state index in [4.69, 9.17) is 9.15 Å². The Hall–Kier alpha value is -4.09. The van der Waals surface area contributed by atoms with Gasteiger partial charge in [0.15, 0.2) is 11.4 Å². The Morgan fingerprint density at radius 2 is 1.84 bits per heavy atom. The van der Waals surface area contributed by atoms with Crippen LogP contribution < -0.4 is 0 Å². The van der Waals surface area contributed by atoms with Gasteiger partial charge in [-0.1, -0.05) is 36.4 Å². The summed E-state index contributed by atoms with van der Waals surface area (Å²) in [6.45, 7) is -0.548. The van der Waals surface area contributed by atoms with E-state index in [0.29, 0.717) is 5.56 Å². The SMILES string of the molecule is CO[C@H](CO)c1cc(C(F)(F)F)c2oc(-c3c(F)ccc(-c4ccccc4)c3-c3nncn3C)nc2c1. The Balaban J connectivity index is 1.83. The highest BCUT2D eigenvalue weighted by atomic mass is 19.4. The summed E-state index contributed by atoms with van der Waals surface area (Å²) in [6.07, 6.45) is -4.40. The van der Waals surface area contributed by atoms with E-state index in [1.807, 2.05) is 30.3 Å². The summed E-state index contributed by atoms with van der Waals surface area (Å²) in [4.78, 5) is 4.26. The number of benzene rings is 3. The topological polar surface area (TPSA) is 86.2 Å². The number of oxazole rings is 1. The molecule has 7 nitrogen and oxygen atoms in total. The van der Waals surface area contributed by atoms with Crippen LogP contribution in [0.25, 0.3) is 45.1 Å². The first kappa shape index (κ1) is 24.6. The molecule has 0 fully saturated rings. The van der Waals surface area contributed by atoms with Gasteiger partial charge >= 0.3 is 6.18 Å². The summed E-state index contributed by atoms with van der Waals surface area (Å²) >= 11 is 0. The summed E-state index contributed by atoms with van der Waals surface area (Å²) in [6, 6.07) is 14.0. The second kappa shape index (κ2) is 9.41. The molecule has 0 aliphatic heterocycles. The number of hydrogen-bond acceptors (Lipinski definition) is 6. The number of hydrogen-bond donors (Lipinski definition) is 1. The second-order valence-corrected chi connectivity index (χ2v) is 8.32. The van der Waals surface area contributed by atoms with Crippen LogP contribution in [0.2, 0.25) is 0 Å². The molecule has 0 bridgehead atoms. The minimum absolute atomic E-state index is 0.0525. The van der Waals surface area contributed by atoms with Crippen LogP contribution in [0.15, 0.2) is 65.3 Å². The molecule has 0 spiro atoms. The van der Waals surface area contributed by atoms with Crippen molar-refractivity contribution >= 4 is 11.1 Å². The van der Waals surface area contributed by atoms with Gasteiger partial charge in [-0.15, -0.1) is 10.2 Å². The lowest BCUT2D eigenvalue weighted by Crippen LogP contribution is -2.10. The first-order valence-corrected chi connectivity index (χ1v) is 11.1. The van der Waals surface area contributed by atoms with Crippen molar-refractivity contribution in [3.8, 4) is 34.0 Å². The van der Waals surface area contributed by atoms with E-state index in [1.165, 1.54) is 25.6 Å². The first-order chi connectivity index (χ1) is 17.7. The van der Waals surface area contributed by atoms with Crippen molar-refractivity contribution in [1.82, 2.24) is 19.7 Å². The summed E-state index contributed by atoms with van der Waals surface area (Å²) in [5.74, 6) is -0.848. The van der Waals surface area contributed by atoms with Crippen LogP contribution in [0.4, 0.5) is 17.6 Å². The molecule has 0 amide bonds. The van der Waals surface area contributed by atoms with Crippen LogP contribution >= 0.6 is 0 Å². The van der Waals surface area contributed by atoms with E-state index >= 15 is 4.39 Å². The van der Waals surface area contributed by atoms with Crippen molar-refractivity contribution in [1.29, 1.82) is 0 Å². The Morgan fingerprint density at radius 1 is 1.08 bits per heavy atom. The van der Waals surface area contributed by atoms with Gasteiger partial charge in [-0.25, -0.2) is 9.37 Å². The van der Waals surface area contributed by atoms with Gasteiger partial charge in [0.25, 0.3) is 0 Å². The molecule has 5 rings (SSSR count). The largest absolute Gasteiger partial charge is 0.435 e. The molecule has 0 radical (unpaired) electrons. The molecule has 1 N–H and O–H groups in total. The van der Waals surface area contributed by atoms with Crippen LogP contribution in [0.3, 0.4) is 0 Å². The van der Waals surface area contributed by atoms with Crippen molar-refractivity contribution < 1.29 is 31.8 Å². The van der Waals surface area contributed by atoms with E-state index in [2.05, 4.69) is 15.2 Å². The standard InChI is InChI=1S/C26H20F4N4O3/c1-34-13-31-33-24(34)21-16(14-6-4-3-5-7-14)8-9-18(27)22(21)25-32-19-11-15(20(12-35)36-2)10-17(23(19)37-25)26(28,29)30/h3-11,13,20,35H,12H2,1-2H3/t20-/m1/s1. The molecule has 5 aromatic rings. The monoisotopic (exact) mass is 512 g/mol. The van der Waals surface area contributed by atoms with Gasteiger partial charge in [0, 0.05) is 19.7 Å². The molecule has 11 heteroatoms. The summed E-state index contributed by atoms with van der Waals surface area (Å²) in [5, 5.41) is 17.6. The number of nitrogens with zero attached hydrogens (tertiary/aromatic N) is 4. The number of aryl methyl sites for hydroxylation is 1. The molecule has 0 aliphatic rings. The molecule has 2 aromatic heterocycles. The highest BCUT2D eigenvalue weighted by molar-refractivity contribution is 5.92. The molecule has 0 saturated heterocycles. The molecule has 0 unspecified atom stereocenters. The second-order valence-electron chi connectivity index (χ2n) is 8.32. The average Bonchev–Trinajstić information content (AvgIpc) is 3.49. The van der Waals surface area contributed by atoms with Gasteiger partial charge in [0.2, 0.25) is 5.89 Å². The molecular formula is C26H20F4N4O3. The Labute approximate surface area is 208 Å². The van der Waals surface area contributed by atoms with E-state index in [9.17, 15) is 18.3 Å². The van der Waals surface area contributed by atoms with Crippen LogP contribution in [0.1, 0.15) is 17.2 Å². The summed E-state index contributed by atoms with van der Waals surface area (Å²) < 4.78 is 69.8. The lowest BCUT2D eigenvalue weighted by Gasteiger charge is -2.15. The maximum atomic E-state index is 15.5. The van der Waals surface area contributed by atoms with E-state index in [0.717, 1.165) is 11.6 Å². The third kappa shape index (κ3) is 4.36. The van der Waals surface area contributed by atoms with E-state index in [-0.39, 0.29) is 33.9 Å². The molecule has 190 valence electrons. The first-order valence-electron chi connectivity index (χ1n) is 11.1. The minimum atomic E-state index is -4.81. The van der Waals surface area contributed by atoms with Crippen molar-refractivity contribution in [2.24, 2.45) is 7.05 Å². The molecule has 0 aliphatic carbocycles. The van der Waals surface area contributed by atoms with Crippen LogP contribution in [0, 0.1) is 5.82 Å². The highest BCUT2D eigenvalue weighted by Gasteiger charge is 2.37. The maximum Gasteiger partial charge on any atom is 0.420 e. The normalized spacial score (nSPS) is 12.8. The predicted octanol–water partition coefficient (Wildman–Crippen LogP) is 5.80. The number of halogens is 4. The fraction of sp³-hybridized carbons (Fsp3) is 0.192. The average molecular weight is 512 g/mol. The van der Waals surface area contributed by atoms with Crippen molar-refractivity contribution in [2.45, 2.75) is 12.3 Å². The van der Waals surface area contributed by atoms with Crippen LogP contribution in [0.5, 0.6) is 0 Å². The van der Waals surface area contributed by atoms with Crippen molar-refractivity contribution in [3.05, 3.63) is 77.9 Å². The Bertz CT molecular complexity index is 1570. The fourth-order valence-electron chi connectivity index (χ4n) is 4.26. The maximum absolute atomic E-state index is 15.5. The highest BCUT2D eigenvalue weighted by Crippen LogP contribution is 2.43. The molecule has 1 atom stereocenters. The van der Waals surface area contributed by atoms with Gasteiger partial charge in [-0.05, 0) is 34.9 Å². The zero-order valence-corrected chi connectivity index (χ0v) is 19.6. The zero-order chi connectivity index (χ0) is 26.3. The number of fused-ring (bicyclic) bond motifs is 1. The third-order valence-corrected chi connectivity index (χ3v) is 6.03. The summed E-state index contributed by atoms with van der Waals surface area (Å²) in [7, 11) is 2.93. The lowest BCUT2D eigenvalue weighted by atomic mass is 9.94. The number of ether oxygens (including phenoxy) is 1. The van der Waals surface area contributed by atoms with Crippen molar-refractivity contribution in [2.75, 3.05) is 13.7 Å². The number of aromatic nitrogens is 4. The smallest absolute Gasteiger partial charge is 0.420 e. The molecular weight excluding hydrogens is 492 g/mol. The molecule has 3 aromatic carbocycles. The molecule has 0 saturated carbocycles. The minimum Gasteiger partial charge on any atom is -0.435 e. The van der Waals surface area contributed by atoms with Crippen LogP contribution in [-0.4, -0.2) is 38.6 Å². The van der Waals surface area contributed by atoms with Crippen molar-refractivity contribution in [3.63, 3.8) is 0 Å². The number of rotatable bonds is 6. The quantitative estimate of drug-likeness (QED) is 0.290. The Kier molecular flexibility index (Phi) is 6.26. The number of aliphatic hydroxyl groups is 1. The Morgan fingerprint density at radius 3 is 2.46 bits per heavy atom. The van der Waals surface area contributed by atoms with Crippen LogP contribution in [-0.2, 0) is 18.0 Å². The van der Waals surface area contributed by atoms with Gasteiger partial charge in [0.05, 0.1) is 12.2 Å². The third-order valence-electron chi connectivity index (χ3n) is 6.03. The molecule has 2 heterocycles. The summed E-state index contributed by atoms with van der Waals surface area (Å²) in [5.41, 5.74) is -0.402. The lowest BCUT2D eigenvalue weighted by molar-refractivity contribution is -0.137. The van der Waals surface area contributed by atoms with Gasteiger partial charge < -0.3 is 18.8 Å². The fourth-order valence-corrected chi connectivity index (χ4v) is 4.26. The number of alkyl halides is 3. The van der Waals surface area contributed by atoms with Gasteiger partial charge in [-0.3, -0.25) is 0 Å². The van der Waals surface area contributed by atoms with E-state index < -0.39 is 35.9 Å². The number of methoxy groups -OCH3 is 1. The number of aliphatic hydroxyl groups excluding tert-OH is 1.